The second-order valence-electron chi connectivity index (χ2n) is 4.35. The molecule has 0 saturated heterocycles. The number of carbonyl (C=O) groups excluding carboxylic acids is 1. The molecule has 0 aliphatic rings. The van der Waals surface area contributed by atoms with E-state index in [0.717, 1.165) is 0 Å². The van der Waals surface area contributed by atoms with Crippen molar-refractivity contribution in [3.63, 3.8) is 0 Å². The number of pyridine rings is 1. The average molecular weight is 349 g/mol. The fraction of sp³-hybridized carbons (Fsp3) is 0. The van der Waals surface area contributed by atoms with Crippen molar-refractivity contribution in [1.29, 1.82) is 0 Å². The number of rotatable bonds is 2. The number of amides is 1. The molecule has 4 N–H and O–H groups in total. The first-order valence-corrected chi connectivity index (χ1v) is 6.74. The Morgan fingerprint density at radius 3 is 2.48 bits per heavy atom. The normalized spacial score (nSPS) is 10.7. The molecule has 7 nitrogen and oxygen atoms in total. The number of H-pyrrole nitrogens is 3. The molecule has 2 heterocycles. The van der Waals surface area contributed by atoms with E-state index in [0.29, 0.717) is 26.8 Å². The fourth-order valence-electron chi connectivity index (χ4n) is 1.90. The second-order valence-corrected chi connectivity index (χ2v) is 5.21. The molecule has 0 spiro atoms. The second kappa shape index (κ2) is 5.06. The Morgan fingerprint density at radius 1 is 1.10 bits per heavy atom. The lowest BCUT2D eigenvalue weighted by Gasteiger charge is -2.07. The standard InChI is InChI=1S/C13H9BrN4O3/c14-7-3-9-10(18-13(21)17-9)4-8(7)16-12(20)6-1-2-11(19)15-5-6/h1-5H,(H,15,19)(H,16,20)(H2,17,18,21). The van der Waals surface area contributed by atoms with E-state index in [9.17, 15) is 14.4 Å². The quantitative estimate of drug-likeness (QED) is 0.563. The summed E-state index contributed by atoms with van der Waals surface area (Å²) < 4.78 is 0.628. The van der Waals surface area contributed by atoms with E-state index >= 15 is 0 Å². The molecule has 0 unspecified atom stereocenters. The van der Waals surface area contributed by atoms with Crippen LogP contribution in [0.5, 0.6) is 0 Å². The van der Waals surface area contributed by atoms with Crippen LogP contribution in [0.1, 0.15) is 10.4 Å². The van der Waals surface area contributed by atoms with Gasteiger partial charge < -0.3 is 20.3 Å². The third kappa shape index (κ3) is 2.65. The highest BCUT2D eigenvalue weighted by Crippen LogP contribution is 2.26. The molecular formula is C13H9BrN4O3. The molecule has 21 heavy (non-hydrogen) atoms. The molecule has 0 fully saturated rings. The molecular weight excluding hydrogens is 340 g/mol. The van der Waals surface area contributed by atoms with Gasteiger partial charge in [0, 0.05) is 16.7 Å². The number of aromatic nitrogens is 3. The van der Waals surface area contributed by atoms with Crippen molar-refractivity contribution < 1.29 is 4.79 Å². The first-order valence-electron chi connectivity index (χ1n) is 5.94. The minimum absolute atomic E-state index is 0.279. The van der Waals surface area contributed by atoms with Gasteiger partial charge in [-0.1, -0.05) is 0 Å². The first kappa shape index (κ1) is 13.4. The average Bonchev–Trinajstić information content (AvgIpc) is 2.79. The summed E-state index contributed by atoms with van der Waals surface area (Å²) in [6.07, 6.45) is 1.34. The number of imidazole rings is 1. The highest BCUT2D eigenvalue weighted by atomic mass is 79.9. The van der Waals surface area contributed by atoms with E-state index in [1.807, 2.05) is 0 Å². The summed E-state index contributed by atoms with van der Waals surface area (Å²) in [5.74, 6) is -0.371. The van der Waals surface area contributed by atoms with Crippen LogP contribution in [0.25, 0.3) is 11.0 Å². The van der Waals surface area contributed by atoms with Crippen LogP contribution >= 0.6 is 15.9 Å². The van der Waals surface area contributed by atoms with E-state index in [2.05, 4.69) is 36.2 Å². The molecule has 3 rings (SSSR count). The first-order chi connectivity index (χ1) is 10.0. The Bertz CT molecular complexity index is 933. The predicted molar refractivity (Wildman–Crippen MR) is 81.6 cm³/mol. The zero-order chi connectivity index (χ0) is 15.0. The van der Waals surface area contributed by atoms with Crippen molar-refractivity contribution in [2.45, 2.75) is 0 Å². The van der Waals surface area contributed by atoms with Crippen LogP contribution in [-0.4, -0.2) is 20.9 Å². The third-order valence-corrected chi connectivity index (χ3v) is 3.55. The number of fused-ring (bicyclic) bond motifs is 1. The zero-order valence-corrected chi connectivity index (χ0v) is 12.1. The van der Waals surface area contributed by atoms with E-state index in [4.69, 9.17) is 0 Å². The molecule has 0 bridgehead atoms. The maximum Gasteiger partial charge on any atom is 0.323 e. The lowest BCUT2D eigenvalue weighted by atomic mass is 10.2. The topological polar surface area (TPSA) is 111 Å². The lowest BCUT2D eigenvalue weighted by Crippen LogP contribution is -2.14. The highest BCUT2D eigenvalue weighted by molar-refractivity contribution is 9.10. The molecule has 0 saturated carbocycles. The van der Waals surface area contributed by atoms with E-state index in [-0.39, 0.29) is 17.2 Å². The molecule has 0 atom stereocenters. The molecule has 2 aromatic heterocycles. The molecule has 0 aliphatic heterocycles. The summed E-state index contributed by atoms with van der Waals surface area (Å²) >= 11 is 3.33. The number of halogens is 1. The summed E-state index contributed by atoms with van der Waals surface area (Å²) in [5.41, 5.74) is 1.45. The number of hydrogen-bond acceptors (Lipinski definition) is 3. The Labute approximate surface area is 125 Å². The number of benzene rings is 1. The van der Waals surface area contributed by atoms with Crippen LogP contribution in [0, 0.1) is 0 Å². The van der Waals surface area contributed by atoms with Gasteiger partial charge in [-0.15, -0.1) is 0 Å². The maximum absolute atomic E-state index is 12.1. The van der Waals surface area contributed by atoms with Crippen molar-refractivity contribution in [3.8, 4) is 0 Å². The Hall–Kier alpha value is -2.61. The van der Waals surface area contributed by atoms with Gasteiger partial charge in [-0.3, -0.25) is 9.59 Å². The van der Waals surface area contributed by atoms with Crippen LogP contribution in [0.15, 0.2) is 44.5 Å². The fourth-order valence-corrected chi connectivity index (χ4v) is 2.34. The third-order valence-electron chi connectivity index (χ3n) is 2.90. The minimum atomic E-state index is -0.371. The molecule has 0 aliphatic carbocycles. The van der Waals surface area contributed by atoms with Gasteiger partial charge in [-0.2, -0.15) is 0 Å². The van der Waals surface area contributed by atoms with Crippen LogP contribution in [0.4, 0.5) is 5.69 Å². The monoisotopic (exact) mass is 348 g/mol. The van der Waals surface area contributed by atoms with Gasteiger partial charge in [0.15, 0.2) is 0 Å². The molecule has 106 valence electrons. The van der Waals surface area contributed by atoms with Crippen molar-refractivity contribution in [3.05, 3.63) is 61.3 Å². The summed E-state index contributed by atoms with van der Waals surface area (Å²) in [7, 11) is 0. The number of anilines is 1. The molecule has 8 heteroatoms. The molecule has 0 radical (unpaired) electrons. The van der Waals surface area contributed by atoms with E-state index in [1.54, 1.807) is 12.1 Å². The maximum atomic E-state index is 12.1. The molecule has 3 aromatic rings. The summed E-state index contributed by atoms with van der Waals surface area (Å²) in [6.45, 7) is 0. The van der Waals surface area contributed by atoms with Crippen molar-refractivity contribution in [1.82, 2.24) is 15.0 Å². The summed E-state index contributed by atoms with van der Waals surface area (Å²) in [4.78, 5) is 42.0. The predicted octanol–water partition coefficient (Wildman–Crippen LogP) is 1.56. The van der Waals surface area contributed by atoms with Gasteiger partial charge >= 0.3 is 5.69 Å². The number of carbonyl (C=O) groups is 1. The minimum Gasteiger partial charge on any atom is -0.328 e. The van der Waals surface area contributed by atoms with E-state index in [1.165, 1.54) is 18.3 Å². The number of hydrogen-bond donors (Lipinski definition) is 4. The van der Waals surface area contributed by atoms with Gasteiger partial charge in [-0.05, 0) is 34.1 Å². The Balaban J connectivity index is 1.95. The van der Waals surface area contributed by atoms with Gasteiger partial charge in [0.25, 0.3) is 5.91 Å². The van der Waals surface area contributed by atoms with Gasteiger partial charge in [-0.25, -0.2) is 4.79 Å². The Kier molecular flexibility index (Phi) is 3.22. The summed E-state index contributed by atoms with van der Waals surface area (Å²) in [5, 5.41) is 2.70. The Morgan fingerprint density at radius 2 is 1.81 bits per heavy atom. The number of aromatic amines is 3. The largest absolute Gasteiger partial charge is 0.328 e. The molecule has 1 amide bonds. The van der Waals surface area contributed by atoms with Crippen LogP contribution < -0.4 is 16.6 Å². The van der Waals surface area contributed by atoms with Crippen molar-refractivity contribution in [2.24, 2.45) is 0 Å². The van der Waals surface area contributed by atoms with Crippen molar-refractivity contribution in [2.75, 3.05) is 5.32 Å². The van der Waals surface area contributed by atoms with Crippen molar-refractivity contribution >= 4 is 38.6 Å². The highest BCUT2D eigenvalue weighted by Gasteiger charge is 2.10. The van der Waals surface area contributed by atoms with Gasteiger partial charge in [0.1, 0.15) is 0 Å². The molecule has 1 aromatic carbocycles. The smallest absolute Gasteiger partial charge is 0.323 e. The van der Waals surface area contributed by atoms with Gasteiger partial charge in [0.05, 0.1) is 22.3 Å². The SMILES string of the molecule is O=C(Nc1cc2[nH]c(=O)[nH]c2cc1Br)c1ccc(=O)[nH]c1. The van der Waals surface area contributed by atoms with E-state index < -0.39 is 0 Å². The van der Waals surface area contributed by atoms with Crippen LogP contribution in [-0.2, 0) is 0 Å². The summed E-state index contributed by atoms with van der Waals surface area (Å²) in [6, 6.07) is 6.03. The van der Waals surface area contributed by atoms with Gasteiger partial charge in [0.2, 0.25) is 5.56 Å². The lowest BCUT2D eigenvalue weighted by molar-refractivity contribution is 0.102. The van der Waals surface area contributed by atoms with Crippen LogP contribution in [0.3, 0.4) is 0 Å². The van der Waals surface area contributed by atoms with Crippen LogP contribution in [0.2, 0.25) is 0 Å². The number of nitrogens with one attached hydrogen (secondary N) is 4. The zero-order valence-electron chi connectivity index (χ0n) is 10.5.